The van der Waals surface area contributed by atoms with Crippen LogP contribution in [0.3, 0.4) is 0 Å². The summed E-state index contributed by atoms with van der Waals surface area (Å²) in [4.78, 5) is 12.8. The Morgan fingerprint density at radius 3 is 2.66 bits per heavy atom. The molecule has 0 aliphatic carbocycles. The van der Waals surface area contributed by atoms with Crippen LogP contribution in [-0.2, 0) is 21.4 Å². The zero-order valence-corrected chi connectivity index (χ0v) is 18.3. The van der Waals surface area contributed by atoms with E-state index in [1.165, 1.54) is 23.5 Å². The van der Waals surface area contributed by atoms with E-state index in [0.29, 0.717) is 24.9 Å². The zero-order valence-electron chi connectivity index (χ0n) is 15.9. The average Bonchev–Trinajstić information content (AvgIpc) is 2.72. The van der Waals surface area contributed by atoms with Crippen LogP contribution in [0, 0.1) is 11.7 Å². The molecule has 0 bridgehead atoms. The molecule has 0 saturated carbocycles. The maximum absolute atomic E-state index is 13.8. The lowest BCUT2D eigenvalue weighted by atomic mass is 9.99. The van der Waals surface area contributed by atoms with E-state index in [0.717, 1.165) is 4.47 Å². The standard InChI is InChI=1S/C20H22BrFN2O4S/c1-28-19-9-4-14(11-18(19)22)12-23-20(25)15-3-2-10-24(13-15)29(26,27)17-7-5-16(21)6-8-17/h4-9,11,15H,2-3,10,12-13H2,1H3,(H,23,25). The number of piperidine rings is 1. The van der Waals surface area contributed by atoms with Gasteiger partial charge in [-0.3, -0.25) is 4.79 Å². The van der Waals surface area contributed by atoms with Crippen molar-refractivity contribution in [2.45, 2.75) is 24.3 Å². The minimum absolute atomic E-state index is 0.126. The van der Waals surface area contributed by atoms with Gasteiger partial charge in [0, 0.05) is 24.1 Å². The van der Waals surface area contributed by atoms with E-state index in [2.05, 4.69) is 21.2 Å². The zero-order chi connectivity index (χ0) is 21.0. The van der Waals surface area contributed by atoms with Crippen LogP contribution in [0.1, 0.15) is 18.4 Å². The first-order valence-electron chi connectivity index (χ1n) is 9.17. The van der Waals surface area contributed by atoms with E-state index in [1.807, 2.05) is 0 Å². The Hall–Kier alpha value is -1.97. The number of carbonyl (C=O) groups is 1. The smallest absolute Gasteiger partial charge is 0.243 e. The van der Waals surface area contributed by atoms with Gasteiger partial charge in [-0.2, -0.15) is 4.31 Å². The lowest BCUT2D eigenvalue weighted by Crippen LogP contribution is -2.45. The number of carbonyl (C=O) groups excluding carboxylic acids is 1. The largest absolute Gasteiger partial charge is 0.494 e. The molecule has 1 aliphatic heterocycles. The van der Waals surface area contributed by atoms with Crippen molar-refractivity contribution in [1.82, 2.24) is 9.62 Å². The summed E-state index contributed by atoms with van der Waals surface area (Å²) in [5, 5.41) is 2.78. The molecule has 1 aliphatic rings. The van der Waals surface area contributed by atoms with E-state index in [1.54, 1.807) is 30.3 Å². The molecule has 1 amide bonds. The number of sulfonamides is 1. The van der Waals surface area contributed by atoms with Gasteiger partial charge in [0.25, 0.3) is 0 Å². The van der Waals surface area contributed by atoms with E-state index < -0.39 is 21.8 Å². The van der Waals surface area contributed by atoms with Gasteiger partial charge in [0.1, 0.15) is 0 Å². The average molecular weight is 485 g/mol. The number of nitrogens with zero attached hydrogens (tertiary/aromatic N) is 1. The van der Waals surface area contributed by atoms with Crippen molar-refractivity contribution in [3.63, 3.8) is 0 Å². The summed E-state index contributed by atoms with van der Waals surface area (Å²) < 4.78 is 46.6. The van der Waals surface area contributed by atoms with Gasteiger partial charge >= 0.3 is 0 Å². The molecule has 1 N–H and O–H groups in total. The summed E-state index contributed by atoms with van der Waals surface area (Å²) in [5.41, 5.74) is 0.604. The molecule has 0 aromatic heterocycles. The third kappa shape index (κ3) is 5.15. The Balaban J connectivity index is 1.63. The fourth-order valence-corrected chi connectivity index (χ4v) is 5.07. The minimum atomic E-state index is -3.66. The molecule has 6 nitrogen and oxygen atoms in total. The van der Waals surface area contributed by atoms with Gasteiger partial charge in [0.05, 0.1) is 17.9 Å². The van der Waals surface area contributed by atoms with Crippen molar-refractivity contribution >= 4 is 31.9 Å². The summed E-state index contributed by atoms with van der Waals surface area (Å²) in [6, 6.07) is 10.9. The molecule has 9 heteroatoms. The highest BCUT2D eigenvalue weighted by Gasteiger charge is 2.33. The molecule has 3 rings (SSSR count). The Bertz CT molecular complexity index is 982. The molecule has 1 atom stereocenters. The predicted molar refractivity (Wildman–Crippen MR) is 110 cm³/mol. The van der Waals surface area contributed by atoms with E-state index in [4.69, 9.17) is 4.74 Å². The predicted octanol–water partition coefficient (Wildman–Crippen LogP) is 3.31. The molecule has 29 heavy (non-hydrogen) atoms. The molecule has 0 spiro atoms. The van der Waals surface area contributed by atoms with Gasteiger partial charge in [-0.15, -0.1) is 0 Å². The Labute approximate surface area is 178 Å². The molecule has 156 valence electrons. The van der Waals surface area contributed by atoms with E-state index in [-0.39, 0.29) is 29.6 Å². The van der Waals surface area contributed by atoms with Crippen LogP contribution < -0.4 is 10.1 Å². The first kappa shape index (κ1) is 21.7. The van der Waals surface area contributed by atoms with Gasteiger partial charge in [0.2, 0.25) is 15.9 Å². The number of hydrogen-bond donors (Lipinski definition) is 1. The molecule has 2 aromatic carbocycles. The third-order valence-corrected chi connectivity index (χ3v) is 7.30. The minimum Gasteiger partial charge on any atom is -0.494 e. The van der Waals surface area contributed by atoms with Crippen LogP contribution in [0.4, 0.5) is 4.39 Å². The molecular weight excluding hydrogens is 463 g/mol. The summed E-state index contributed by atoms with van der Waals surface area (Å²) in [6.07, 6.45) is 1.21. The van der Waals surface area contributed by atoms with Gasteiger partial charge in [-0.05, 0) is 54.8 Å². The van der Waals surface area contributed by atoms with Crippen molar-refractivity contribution < 1.29 is 22.3 Å². The summed E-state index contributed by atoms with van der Waals surface area (Å²) in [7, 11) is -2.27. The van der Waals surface area contributed by atoms with Crippen molar-refractivity contribution in [2.75, 3.05) is 20.2 Å². The molecule has 1 fully saturated rings. The number of methoxy groups -OCH3 is 1. The number of ether oxygens (including phenoxy) is 1. The number of halogens is 2. The van der Waals surface area contributed by atoms with Crippen molar-refractivity contribution in [2.24, 2.45) is 5.92 Å². The molecule has 1 unspecified atom stereocenters. The number of amides is 1. The molecule has 1 saturated heterocycles. The van der Waals surface area contributed by atoms with E-state index >= 15 is 0 Å². The lowest BCUT2D eigenvalue weighted by Gasteiger charge is -2.31. The van der Waals surface area contributed by atoms with Gasteiger partial charge in [-0.1, -0.05) is 22.0 Å². The first-order chi connectivity index (χ1) is 13.8. The Morgan fingerprint density at radius 2 is 2.00 bits per heavy atom. The van der Waals surface area contributed by atoms with Crippen molar-refractivity contribution in [3.8, 4) is 5.75 Å². The highest BCUT2D eigenvalue weighted by molar-refractivity contribution is 9.10. The Morgan fingerprint density at radius 1 is 1.28 bits per heavy atom. The number of hydrogen-bond acceptors (Lipinski definition) is 4. The third-order valence-electron chi connectivity index (χ3n) is 4.89. The highest BCUT2D eigenvalue weighted by Crippen LogP contribution is 2.25. The summed E-state index contributed by atoms with van der Waals surface area (Å²) >= 11 is 3.29. The molecular formula is C20H22BrFN2O4S. The second-order valence-electron chi connectivity index (χ2n) is 6.84. The topological polar surface area (TPSA) is 75.7 Å². The summed E-state index contributed by atoms with van der Waals surface area (Å²) in [5.74, 6) is -1.04. The van der Waals surface area contributed by atoms with Gasteiger partial charge < -0.3 is 10.1 Å². The fraction of sp³-hybridized carbons (Fsp3) is 0.350. The normalized spacial score (nSPS) is 17.7. The monoisotopic (exact) mass is 484 g/mol. The number of nitrogens with one attached hydrogen (secondary N) is 1. The SMILES string of the molecule is COc1ccc(CNC(=O)C2CCCN(S(=O)(=O)c3ccc(Br)cc3)C2)cc1F. The maximum Gasteiger partial charge on any atom is 0.243 e. The maximum atomic E-state index is 13.8. The van der Waals surface area contributed by atoms with Crippen LogP contribution in [0.15, 0.2) is 51.8 Å². The van der Waals surface area contributed by atoms with Crippen molar-refractivity contribution in [1.29, 1.82) is 0 Å². The molecule has 0 radical (unpaired) electrons. The molecule has 1 heterocycles. The number of benzene rings is 2. The fourth-order valence-electron chi connectivity index (χ4n) is 3.28. The quantitative estimate of drug-likeness (QED) is 0.682. The van der Waals surface area contributed by atoms with Crippen LogP contribution in [0.2, 0.25) is 0 Å². The van der Waals surface area contributed by atoms with Crippen LogP contribution in [0.5, 0.6) is 5.75 Å². The van der Waals surface area contributed by atoms with Crippen LogP contribution in [-0.4, -0.2) is 38.8 Å². The van der Waals surface area contributed by atoms with Crippen LogP contribution in [0.25, 0.3) is 0 Å². The highest BCUT2D eigenvalue weighted by atomic mass is 79.9. The van der Waals surface area contributed by atoms with Gasteiger partial charge in [-0.25, -0.2) is 12.8 Å². The van der Waals surface area contributed by atoms with Crippen molar-refractivity contribution in [3.05, 3.63) is 58.3 Å². The van der Waals surface area contributed by atoms with Gasteiger partial charge in [0.15, 0.2) is 11.6 Å². The number of rotatable bonds is 6. The first-order valence-corrected chi connectivity index (χ1v) is 11.4. The lowest BCUT2D eigenvalue weighted by molar-refractivity contribution is -0.126. The second-order valence-corrected chi connectivity index (χ2v) is 9.70. The van der Waals surface area contributed by atoms with Crippen LogP contribution >= 0.6 is 15.9 Å². The Kier molecular flexibility index (Phi) is 6.92. The molecule has 2 aromatic rings. The second kappa shape index (κ2) is 9.23. The van der Waals surface area contributed by atoms with E-state index in [9.17, 15) is 17.6 Å². The summed E-state index contributed by atoms with van der Waals surface area (Å²) in [6.45, 7) is 0.669.